The van der Waals surface area contributed by atoms with E-state index in [0.717, 1.165) is 5.69 Å². The molecule has 1 aliphatic rings. The number of fused-ring (bicyclic) bond motifs is 1. The molecule has 5 nitrogen and oxygen atoms in total. The van der Waals surface area contributed by atoms with Crippen LogP contribution in [0.3, 0.4) is 0 Å². The van der Waals surface area contributed by atoms with Crippen LogP contribution in [0.1, 0.15) is 28.2 Å². The molecule has 5 heteroatoms. The summed E-state index contributed by atoms with van der Waals surface area (Å²) in [6, 6.07) is 0. The van der Waals surface area contributed by atoms with Gasteiger partial charge in [-0.15, -0.1) is 0 Å². The monoisotopic (exact) mass is 194 g/mol. The number of carbonyl (C=O) groups is 2. The Balaban J connectivity index is 2.55. The molecule has 14 heavy (non-hydrogen) atoms. The minimum Gasteiger partial charge on any atom is -0.476 e. The molecule has 0 amide bonds. The van der Waals surface area contributed by atoms with E-state index in [1.165, 1.54) is 0 Å². The highest BCUT2D eigenvalue weighted by Crippen LogP contribution is 2.21. The van der Waals surface area contributed by atoms with Gasteiger partial charge in [0.05, 0.1) is 0 Å². The number of carbonyl (C=O) groups excluding carboxylic acids is 1. The van der Waals surface area contributed by atoms with Gasteiger partial charge in [0.15, 0.2) is 5.69 Å². The van der Waals surface area contributed by atoms with Gasteiger partial charge in [0.2, 0.25) is 0 Å². The number of aromatic nitrogens is 2. The van der Waals surface area contributed by atoms with Crippen molar-refractivity contribution in [3.8, 4) is 0 Å². The van der Waals surface area contributed by atoms with E-state index in [0.29, 0.717) is 18.4 Å². The van der Waals surface area contributed by atoms with E-state index >= 15 is 0 Å². The molecular formula is C9H10N2O3. The number of hydrogen-bond acceptors (Lipinski definition) is 3. The van der Waals surface area contributed by atoms with Crippen molar-refractivity contribution in [2.75, 3.05) is 0 Å². The second-order valence-electron chi connectivity index (χ2n) is 3.42. The predicted octanol–water partition coefficient (Wildman–Crippen LogP) is 0.176. The van der Waals surface area contributed by atoms with Crippen LogP contribution in [-0.2, 0) is 24.7 Å². The summed E-state index contributed by atoms with van der Waals surface area (Å²) in [6.45, 7) is 0. The lowest BCUT2D eigenvalue weighted by Gasteiger charge is -2.10. The van der Waals surface area contributed by atoms with Gasteiger partial charge in [-0.1, -0.05) is 0 Å². The molecule has 1 N–H and O–H groups in total. The van der Waals surface area contributed by atoms with Gasteiger partial charge < -0.3 is 5.11 Å². The molecule has 0 saturated heterocycles. The Morgan fingerprint density at radius 1 is 1.50 bits per heavy atom. The standard InChI is InChI=1S/C9H10N2O3/c1-11-7-3-2-5(12)4-6(7)8(10-11)9(13)14/h2-4H2,1H3,(H,13,14). The highest BCUT2D eigenvalue weighted by atomic mass is 16.4. The van der Waals surface area contributed by atoms with Gasteiger partial charge in [-0.3, -0.25) is 9.48 Å². The largest absolute Gasteiger partial charge is 0.476 e. The first kappa shape index (κ1) is 8.93. The fourth-order valence-corrected chi connectivity index (χ4v) is 1.82. The Morgan fingerprint density at radius 2 is 2.21 bits per heavy atom. The number of rotatable bonds is 1. The van der Waals surface area contributed by atoms with Gasteiger partial charge in [-0.05, 0) is 6.42 Å². The third-order valence-corrected chi connectivity index (χ3v) is 2.49. The zero-order valence-corrected chi connectivity index (χ0v) is 7.78. The molecule has 0 saturated carbocycles. The van der Waals surface area contributed by atoms with E-state index in [1.807, 2.05) is 0 Å². The number of ketones is 1. The summed E-state index contributed by atoms with van der Waals surface area (Å²) < 4.78 is 1.56. The lowest BCUT2D eigenvalue weighted by molar-refractivity contribution is -0.118. The van der Waals surface area contributed by atoms with Gasteiger partial charge in [0.1, 0.15) is 5.78 Å². The number of aromatic carboxylic acids is 1. The average molecular weight is 194 g/mol. The Kier molecular flexibility index (Phi) is 1.87. The van der Waals surface area contributed by atoms with Crippen molar-refractivity contribution in [1.29, 1.82) is 0 Å². The molecule has 0 fully saturated rings. The van der Waals surface area contributed by atoms with Crippen LogP contribution in [0.15, 0.2) is 0 Å². The van der Waals surface area contributed by atoms with Crippen molar-refractivity contribution in [2.24, 2.45) is 7.05 Å². The second-order valence-corrected chi connectivity index (χ2v) is 3.42. The van der Waals surface area contributed by atoms with Crippen LogP contribution in [-0.4, -0.2) is 26.6 Å². The van der Waals surface area contributed by atoms with Crippen molar-refractivity contribution in [1.82, 2.24) is 9.78 Å². The first-order valence-corrected chi connectivity index (χ1v) is 4.39. The van der Waals surface area contributed by atoms with Crippen molar-refractivity contribution in [3.05, 3.63) is 17.0 Å². The maximum Gasteiger partial charge on any atom is 0.356 e. The smallest absolute Gasteiger partial charge is 0.356 e. The third-order valence-electron chi connectivity index (χ3n) is 2.49. The lowest BCUT2D eigenvalue weighted by Crippen LogP contribution is -2.15. The van der Waals surface area contributed by atoms with Crippen LogP contribution in [0.5, 0.6) is 0 Å². The summed E-state index contributed by atoms with van der Waals surface area (Å²) in [6.07, 6.45) is 1.31. The molecule has 74 valence electrons. The summed E-state index contributed by atoms with van der Waals surface area (Å²) in [5.41, 5.74) is 1.49. The third kappa shape index (κ3) is 1.21. The molecule has 1 aliphatic carbocycles. The molecule has 0 bridgehead atoms. The SMILES string of the molecule is Cn1nc(C(=O)O)c2c1CCC(=O)C2. The highest BCUT2D eigenvalue weighted by molar-refractivity contribution is 5.91. The summed E-state index contributed by atoms with van der Waals surface area (Å²) in [7, 11) is 1.71. The molecule has 0 aromatic carbocycles. The first-order chi connectivity index (χ1) is 6.59. The predicted molar refractivity (Wildman–Crippen MR) is 47.2 cm³/mol. The minimum absolute atomic E-state index is 0.0237. The summed E-state index contributed by atoms with van der Waals surface area (Å²) in [5.74, 6) is -0.968. The van der Waals surface area contributed by atoms with E-state index in [2.05, 4.69) is 5.10 Å². The van der Waals surface area contributed by atoms with Crippen LogP contribution in [0, 0.1) is 0 Å². The van der Waals surface area contributed by atoms with Gasteiger partial charge in [-0.25, -0.2) is 4.79 Å². The van der Waals surface area contributed by atoms with E-state index in [4.69, 9.17) is 5.11 Å². The van der Waals surface area contributed by atoms with Gasteiger partial charge in [-0.2, -0.15) is 5.10 Å². The molecule has 0 aliphatic heterocycles. The van der Waals surface area contributed by atoms with Gasteiger partial charge >= 0.3 is 5.97 Å². The molecule has 0 spiro atoms. The van der Waals surface area contributed by atoms with Crippen molar-refractivity contribution in [2.45, 2.75) is 19.3 Å². The van der Waals surface area contributed by atoms with Crippen LogP contribution in [0.4, 0.5) is 0 Å². The summed E-state index contributed by atoms with van der Waals surface area (Å²) >= 11 is 0. The molecule has 1 aromatic heterocycles. The van der Waals surface area contributed by atoms with E-state index in [1.54, 1.807) is 11.7 Å². The molecule has 1 aromatic rings. The maximum atomic E-state index is 11.2. The zero-order chi connectivity index (χ0) is 10.3. The summed E-state index contributed by atoms with van der Waals surface area (Å²) in [4.78, 5) is 22.0. The topological polar surface area (TPSA) is 72.2 Å². The second kappa shape index (κ2) is 2.94. The van der Waals surface area contributed by atoms with Crippen LogP contribution >= 0.6 is 0 Å². The quantitative estimate of drug-likeness (QED) is 0.692. The van der Waals surface area contributed by atoms with E-state index < -0.39 is 5.97 Å². The van der Waals surface area contributed by atoms with Crippen molar-refractivity contribution >= 4 is 11.8 Å². The van der Waals surface area contributed by atoms with Crippen molar-refractivity contribution < 1.29 is 14.7 Å². The number of carboxylic acid groups (broad SMARTS) is 1. The average Bonchev–Trinajstić information content (AvgIpc) is 2.43. The summed E-state index contributed by atoms with van der Waals surface area (Å²) in [5, 5.41) is 12.7. The van der Waals surface area contributed by atoms with Crippen LogP contribution < -0.4 is 0 Å². The first-order valence-electron chi connectivity index (χ1n) is 4.39. The Bertz CT molecular complexity index is 420. The fraction of sp³-hybridized carbons (Fsp3) is 0.444. The van der Waals surface area contributed by atoms with Gasteiger partial charge in [0.25, 0.3) is 0 Å². The van der Waals surface area contributed by atoms with E-state index in [-0.39, 0.29) is 17.9 Å². The number of carboxylic acids is 1. The Labute approximate surface area is 80.3 Å². The highest BCUT2D eigenvalue weighted by Gasteiger charge is 2.26. The maximum absolute atomic E-state index is 11.2. The van der Waals surface area contributed by atoms with Crippen LogP contribution in [0.25, 0.3) is 0 Å². The molecular weight excluding hydrogens is 184 g/mol. The molecule has 2 rings (SSSR count). The van der Waals surface area contributed by atoms with Crippen molar-refractivity contribution in [3.63, 3.8) is 0 Å². The minimum atomic E-state index is -1.06. The molecule has 0 atom stereocenters. The molecule has 0 unspecified atom stereocenters. The van der Waals surface area contributed by atoms with Gasteiger partial charge in [0, 0.05) is 31.1 Å². The Hall–Kier alpha value is -1.65. The number of Topliss-reactive ketones (excluding diaryl/α,β-unsaturated/α-hetero) is 1. The molecule has 1 heterocycles. The van der Waals surface area contributed by atoms with E-state index in [9.17, 15) is 9.59 Å². The number of nitrogens with zero attached hydrogens (tertiary/aromatic N) is 2. The normalized spacial score (nSPS) is 15.4. The number of hydrogen-bond donors (Lipinski definition) is 1. The fourth-order valence-electron chi connectivity index (χ4n) is 1.82. The lowest BCUT2D eigenvalue weighted by atomic mass is 9.95. The number of aryl methyl sites for hydroxylation is 1. The zero-order valence-electron chi connectivity index (χ0n) is 7.78. The Morgan fingerprint density at radius 3 is 2.86 bits per heavy atom. The van der Waals surface area contributed by atoms with Crippen LogP contribution in [0.2, 0.25) is 0 Å². The molecule has 0 radical (unpaired) electrons.